The maximum Gasteiger partial charge on any atom is 0.407 e. The normalized spacial score (nSPS) is 25.0. The van der Waals surface area contributed by atoms with E-state index in [1.807, 2.05) is 24.3 Å². The Balaban J connectivity index is 1.09. The van der Waals surface area contributed by atoms with Crippen LogP contribution < -0.4 is 10.6 Å². The van der Waals surface area contributed by atoms with Gasteiger partial charge in [-0.05, 0) is 60.3 Å². The number of ether oxygens (including phenoxy) is 1. The summed E-state index contributed by atoms with van der Waals surface area (Å²) in [6, 6.07) is 16.4. The molecule has 35 heavy (non-hydrogen) atoms. The zero-order valence-corrected chi connectivity index (χ0v) is 19.7. The van der Waals surface area contributed by atoms with Crippen LogP contribution in [0.1, 0.15) is 55.6 Å². The first-order valence-corrected chi connectivity index (χ1v) is 12.6. The second-order valence-corrected chi connectivity index (χ2v) is 10.1. The predicted molar refractivity (Wildman–Crippen MR) is 131 cm³/mol. The number of carboxylic acids is 1. The van der Waals surface area contributed by atoms with Gasteiger partial charge in [-0.3, -0.25) is 9.59 Å². The first kappa shape index (κ1) is 23.4. The van der Waals surface area contributed by atoms with Gasteiger partial charge in [0.2, 0.25) is 5.91 Å². The number of carbonyl (C=O) groups is 3. The van der Waals surface area contributed by atoms with Crippen LogP contribution in [-0.2, 0) is 14.3 Å². The molecule has 0 aliphatic heterocycles. The summed E-state index contributed by atoms with van der Waals surface area (Å²) in [5, 5.41) is 15.2. The summed E-state index contributed by atoms with van der Waals surface area (Å²) in [5.41, 5.74) is 4.72. The van der Waals surface area contributed by atoms with E-state index in [1.165, 1.54) is 22.3 Å². The molecule has 0 heterocycles. The number of rotatable bonds is 7. The number of fused-ring (bicyclic) bond motifs is 3. The van der Waals surface area contributed by atoms with Crippen LogP contribution in [0, 0.1) is 17.8 Å². The van der Waals surface area contributed by atoms with Crippen LogP contribution in [0.25, 0.3) is 11.1 Å². The van der Waals surface area contributed by atoms with E-state index >= 15 is 0 Å². The van der Waals surface area contributed by atoms with Gasteiger partial charge in [-0.1, -0.05) is 55.0 Å². The topological polar surface area (TPSA) is 105 Å². The third-order valence-corrected chi connectivity index (χ3v) is 7.98. The monoisotopic (exact) mass is 476 g/mol. The van der Waals surface area contributed by atoms with Crippen molar-refractivity contribution >= 4 is 18.0 Å². The van der Waals surface area contributed by atoms with Gasteiger partial charge in [0, 0.05) is 24.4 Å². The molecule has 3 aliphatic carbocycles. The maximum absolute atomic E-state index is 12.6. The summed E-state index contributed by atoms with van der Waals surface area (Å²) < 4.78 is 5.64. The van der Waals surface area contributed by atoms with Gasteiger partial charge < -0.3 is 20.5 Å². The minimum Gasteiger partial charge on any atom is -0.481 e. The molecular weight excluding hydrogens is 444 g/mol. The molecule has 2 fully saturated rings. The summed E-state index contributed by atoms with van der Waals surface area (Å²) in [4.78, 5) is 36.6. The molecule has 2 aromatic rings. The van der Waals surface area contributed by atoms with E-state index in [-0.39, 0.29) is 42.2 Å². The highest BCUT2D eigenvalue weighted by atomic mass is 16.5. The Bertz CT molecular complexity index is 1070. The molecule has 2 saturated carbocycles. The van der Waals surface area contributed by atoms with Crippen LogP contribution in [0.4, 0.5) is 4.79 Å². The molecule has 5 rings (SSSR count). The maximum atomic E-state index is 12.6. The third-order valence-electron chi connectivity index (χ3n) is 7.98. The molecule has 0 saturated heterocycles. The first-order valence-electron chi connectivity index (χ1n) is 12.6. The SMILES string of the molecule is O=C(NC1CCC(C(=O)NC[C@H]2CCC[C@H]2C(=O)O)C1)OCC1c2ccccc2-c2ccccc21. The third kappa shape index (κ3) is 4.90. The highest BCUT2D eigenvalue weighted by molar-refractivity contribution is 5.80. The van der Waals surface area contributed by atoms with E-state index in [9.17, 15) is 19.5 Å². The molecule has 184 valence electrons. The van der Waals surface area contributed by atoms with Crippen LogP contribution in [-0.4, -0.2) is 42.3 Å². The number of carboxylic acid groups (broad SMARTS) is 1. The lowest BCUT2D eigenvalue weighted by atomic mass is 9.96. The molecule has 0 spiro atoms. The van der Waals surface area contributed by atoms with Crippen LogP contribution in [0.5, 0.6) is 0 Å². The molecule has 2 unspecified atom stereocenters. The van der Waals surface area contributed by atoms with E-state index in [0.29, 0.717) is 25.8 Å². The van der Waals surface area contributed by atoms with Crippen molar-refractivity contribution in [1.82, 2.24) is 10.6 Å². The first-order chi connectivity index (χ1) is 17.0. The van der Waals surface area contributed by atoms with Gasteiger partial charge in [0.15, 0.2) is 0 Å². The fourth-order valence-corrected chi connectivity index (χ4v) is 6.14. The average Bonchev–Trinajstić information content (AvgIpc) is 3.59. The van der Waals surface area contributed by atoms with Crippen molar-refractivity contribution in [2.24, 2.45) is 17.8 Å². The summed E-state index contributed by atoms with van der Waals surface area (Å²) in [5.74, 6) is -1.32. The largest absolute Gasteiger partial charge is 0.481 e. The number of hydrogen-bond donors (Lipinski definition) is 3. The van der Waals surface area contributed by atoms with Gasteiger partial charge in [-0.2, -0.15) is 0 Å². The van der Waals surface area contributed by atoms with Crippen molar-refractivity contribution in [3.8, 4) is 11.1 Å². The molecule has 4 atom stereocenters. The Morgan fingerprint density at radius 2 is 1.60 bits per heavy atom. The van der Waals surface area contributed by atoms with Crippen LogP contribution in [0.3, 0.4) is 0 Å². The van der Waals surface area contributed by atoms with Crippen molar-refractivity contribution in [2.75, 3.05) is 13.2 Å². The number of benzene rings is 2. The van der Waals surface area contributed by atoms with E-state index in [2.05, 4.69) is 34.9 Å². The lowest BCUT2D eigenvalue weighted by molar-refractivity contribution is -0.143. The zero-order chi connectivity index (χ0) is 24.4. The summed E-state index contributed by atoms with van der Waals surface area (Å²) in [7, 11) is 0. The fraction of sp³-hybridized carbons (Fsp3) is 0.464. The predicted octanol–water partition coefficient (Wildman–Crippen LogP) is 4.31. The molecule has 0 aromatic heterocycles. The second kappa shape index (κ2) is 10.1. The van der Waals surface area contributed by atoms with Crippen molar-refractivity contribution in [2.45, 2.75) is 50.5 Å². The molecule has 0 bridgehead atoms. The van der Waals surface area contributed by atoms with E-state index in [4.69, 9.17) is 4.74 Å². The molecule has 0 radical (unpaired) electrons. The number of alkyl carbamates (subject to hydrolysis) is 1. The van der Waals surface area contributed by atoms with E-state index in [0.717, 1.165) is 19.3 Å². The van der Waals surface area contributed by atoms with E-state index in [1.54, 1.807) is 0 Å². The Hall–Kier alpha value is -3.35. The number of carbonyl (C=O) groups excluding carboxylic acids is 2. The quantitative estimate of drug-likeness (QED) is 0.552. The van der Waals surface area contributed by atoms with Crippen molar-refractivity contribution in [1.29, 1.82) is 0 Å². The summed E-state index contributed by atoms with van der Waals surface area (Å²) >= 11 is 0. The Labute approximate surface area is 205 Å². The van der Waals surface area contributed by atoms with Gasteiger partial charge in [-0.15, -0.1) is 0 Å². The van der Waals surface area contributed by atoms with Crippen molar-refractivity contribution in [3.63, 3.8) is 0 Å². The zero-order valence-electron chi connectivity index (χ0n) is 19.7. The summed E-state index contributed by atoms with van der Waals surface area (Å²) in [6.45, 7) is 0.680. The molecule has 3 aliphatic rings. The minimum atomic E-state index is -0.769. The van der Waals surface area contributed by atoms with Crippen LogP contribution in [0.15, 0.2) is 48.5 Å². The van der Waals surface area contributed by atoms with Gasteiger partial charge in [0.25, 0.3) is 0 Å². The Morgan fingerprint density at radius 3 is 2.29 bits per heavy atom. The number of amides is 2. The second-order valence-electron chi connectivity index (χ2n) is 10.1. The number of aliphatic carboxylic acids is 1. The number of nitrogens with one attached hydrogen (secondary N) is 2. The van der Waals surface area contributed by atoms with Gasteiger partial charge in [0.1, 0.15) is 6.61 Å². The smallest absolute Gasteiger partial charge is 0.407 e. The van der Waals surface area contributed by atoms with Crippen LogP contribution in [0.2, 0.25) is 0 Å². The van der Waals surface area contributed by atoms with Gasteiger partial charge in [-0.25, -0.2) is 4.79 Å². The van der Waals surface area contributed by atoms with E-state index < -0.39 is 12.1 Å². The lowest BCUT2D eigenvalue weighted by Gasteiger charge is -2.19. The van der Waals surface area contributed by atoms with Crippen molar-refractivity contribution in [3.05, 3.63) is 59.7 Å². The minimum absolute atomic E-state index is 0.00704. The Morgan fingerprint density at radius 1 is 0.914 bits per heavy atom. The van der Waals surface area contributed by atoms with Crippen molar-refractivity contribution < 1.29 is 24.2 Å². The average molecular weight is 477 g/mol. The fourth-order valence-electron chi connectivity index (χ4n) is 6.14. The van der Waals surface area contributed by atoms with Gasteiger partial charge >= 0.3 is 12.1 Å². The molecule has 7 heteroatoms. The Kier molecular flexibility index (Phi) is 6.75. The molecular formula is C28H32N2O5. The molecule has 7 nitrogen and oxygen atoms in total. The van der Waals surface area contributed by atoms with Gasteiger partial charge in [0.05, 0.1) is 5.92 Å². The standard InChI is InChI=1S/C28H32N2O5/c31-26(29-15-18-6-5-11-20(18)27(32)33)17-12-13-19(14-17)30-28(34)35-16-25-23-9-3-1-7-21(23)22-8-2-4-10-24(22)25/h1-4,7-10,17-20,25H,5-6,11-16H2,(H,29,31)(H,30,34)(H,32,33)/t17?,18-,19?,20-/m1/s1. The number of hydrogen-bond acceptors (Lipinski definition) is 4. The summed E-state index contributed by atoms with van der Waals surface area (Å²) in [6.07, 6.45) is 3.97. The highest BCUT2D eigenvalue weighted by Gasteiger charge is 2.35. The molecule has 3 N–H and O–H groups in total. The molecule has 2 aromatic carbocycles. The molecule has 2 amide bonds. The lowest BCUT2D eigenvalue weighted by Crippen LogP contribution is -2.37. The van der Waals surface area contributed by atoms with Crippen LogP contribution >= 0.6 is 0 Å². The highest BCUT2D eigenvalue weighted by Crippen LogP contribution is 2.44.